The minimum atomic E-state index is -0.110. The maximum absolute atomic E-state index is 11.8. The molecule has 0 unspecified atom stereocenters. The number of nitrogens with zero attached hydrogens (tertiary/aromatic N) is 1. The van der Waals surface area contributed by atoms with Gasteiger partial charge in [0.2, 0.25) is 0 Å². The second-order valence-corrected chi connectivity index (χ2v) is 3.68. The zero-order chi connectivity index (χ0) is 13.0. The van der Waals surface area contributed by atoms with Crippen molar-refractivity contribution >= 4 is 0 Å². The number of aromatic nitrogens is 1. The van der Waals surface area contributed by atoms with Crippen LogP contribution in [0.15, 0.2) is 47.4 Å². The van der Waals surface area contributed by atoms with E-state index in [0.717, 1.165) is 17.0 Å². The fourth-order valence-corrected chi connectivity index (χ4v) is 1.62. The first kappa shape index (κ1) is 10.1. The molecule has 3 nitrogen and oxygen atoms in total. The smallest absolute Gasteiger partial charge is 0.255 e. The molecule has 2 aromatic rings. The summed E-state index contributed by atoms with van der Waals surface area (Å²) in [4.78, 5) is 11.8. The summed E-state index contributed by atoms with van der Waals surface area (Å²) < 4.78 is 14.3. The van der Waals surface area contributed by atoms with Gasteiger partial charge in [-0.3, -0.25) is 9.36 Å². The van der Waals surface area contributed by atoms with E-state index in [9.17, 15) is 4.79 Å². The first-order chi connectivity index (χ1) is 8.74. The van der Waals surface area contributed by atoms with Crippen molar-refractivity contribution in [2.45, 2.75) is 13.8 Å². The molecule has 0 fully saturated rings. The van der Waals surface area contributed by atoms with E-state index >= 15 is 0 Å². The molecule has 2 rings (SSSR count). The summed E-state index contributed by atoms with van der Waals surface area (Å²) in [6, 6.07) is 10.5. The Morgan fingerprint density at radius 1 is 1.35 bits per heavy atom. The first-order valence-electron chi connectivity index (χ1n) is 6.19. The second kappa shape index (κ2) is 4.87. The molecular formula is C14H15NO2. The van der Waals surface area contributed by atoms with Crippen LogP contribution in [0.25, 0.3) is 5.69 Å². The van der Waals surface area contributed by atoms with Crippen LogP contribution in [0.4, 0.5) is 0 Å². The highest BCUT2D eigenvalue weighted by molar-refractivity contribution is 5.39. The Labute approximate surface area is 102 Å². The van der Waals surface area contributed by atoms with Gasteiger partial charge in [-0.15, -0.1) is 0 Å². The topological polar surface area (TPSA) is 31.2 Å². The maximum atomic E-state index is 11.8. The van der Waals surface area contributed by atoms with Gasteiger partial charge >= 0.3 is 0 Å². The van der Waals surface area contributed by atoms with Gasteiger partial charge in [0.05, 0.1) is 12.3 Å². The predicted molar refractivity (Wildman–Crippen MR) is 67.9 cm³/mol. The molecule has 0 saturated heterocycles. The second-order valence-electron chi connectivity index (χ2n) is 3.68. The van der Waals surface area contributed by atoms with Gasteiger partial charge in [-0.05, 0) is 31.5 Å². The zero-order valence-corrected chi connectivity index (χ0v) is 9.72. The molecule has 0 aliphatic rings. The van der Waals surface area contributed by atoms with Crippen molar-refractivity contribution in [1.82, 2.24) is 4.57 Å². The summed E-state index contributed by atoms with van der Waals surface area (Å²) in [7, 11) is 0. The third-order valence-corrected chi connectivity index (χ3v) is 2.38. The molecular weight excluding hydrogens is 214 g/mol. The van der Waals surface area contributed by atoms with E-state index in [4.69, 9.17) is 6.11 Å². The Balaban J connectivity index is 2.47. The lowest BCUT2D eigenvalue weighted by Crippen LogP contribution is -2.16. The minimum absolute atomic E-state index is 0.110. The summed E-state index contributed by atoms with van der Waals surface area (Å²) >= 11 is 0. The van der Waals surface area contributed by atoms with Crippen LogP contribution >= 0.6 is 0 Å². The Kier molecular flexibility index (Phi) is 2.91. The quantitative estimate of drug-likeness (QED) is 0.811. The Hall–Kier alpha value is -2.03. The van der Waals surface area contributed by atoms with E-state index < -0.39 is 0 Å². The minimum Gasteiger partial charge on any atom is -0.494 e. The van der Waals surface area contributed by atoms with E-state index in [1.165, 1.54) is 10.6 Å². The van der Waals surface area contributed by atoms with Crippen LogP contribution in [0.3, 0.4) is 0 Å². The normalized spacial score (nSPS) is 11.0. The van der Waals surface area contributed by atoms with Gasteiger partial charge < -0.3 is 4.74 Å². The standard InChI is InChI=1S/C14H15NO2/c1-3-17-13-6-4-5-12(9-13)15-10-11(2)7-8-14(15)16/h4-10H,3H2,1-2H3/i2D. The van der Waals surface area contributed by atoms with Crippen LogP contribution in [0, 0.1) is 6.90 Å². The van der Waals surface area contributed by atoms with Crippen LogP contribution < -0.4 is 10.3 Å². The number of aryl methyl sites for hydroxylation is 1. The highest BCUT2D eigenvalue weighted by atomic mass is 16.5. The van der Waals surface area contributed by atoms with Crippen molar-refractivity contribution in [2.75, 3.05) is 6.61 Å². The molecule has 0 spiro atoms. The first-order valence-corrected chi connectivity index (χ1v) is 5.48. The van der Waals surface area contributed by atoms with Crippen molar-refractivity contribution in [3.8, 4) is 11.4 Å². The molecule has 0 atom stereocenters. The molecule has 0 aliphatic heterocycles. The van der Waals surface area contributed by atoms with Gasteiger partial charge in [0.15, 0.2) is 0 Å². The highest BCUT2D eigenvalue weighted by Gasteiger charge is 2.01. The summed E-state index contributed by atoms with van der Waals surface area (Å²) in [6.07, 6.45) is 1.69. The number of pyridine rings is 1. The summed E-state index contributed by atoms with van der Waals surface area (Å²) in [6.45, 7) is 2.66. The van der Waals surface area contributed by atoms with Gasteiger partial charge in [0, 0.05) is 19.7 Å². The van der Waals surface area contributed by atoms with Crippen molar-refractivity contribution in [2.24, 2.45) is 0 Å². The zero-order valence-electron chi connectivity index (χ0n) is 10.7. The lowest BCUT2D eigenvalue weighted by atomic mass is 10.2. The number of ether oxygens (including phenoxy) is 1. The van der Waals surface area contributed by atoms with E-state index in [0.29, 0.717) is 6.61 Å². The molecule has 1 aromatic heterocycles. The summed E-state index contributed by atoms with van der Waals surface area (Å²) in [5, 5.41) is 0. The van der Waals surface area contributed by atoms with E-state index in [1.807, 2.05) is 31.2 Å². The van der Waals surface area contributed by atoms with Gasteiger partial charge in [-0.1, -0.05) is 12.1 Å². The molecule has 0 bridgehead atoms. The van der Waals surface area contributed by atoms with Gasteiger partial charge in [0.1, 0.15) is 5.75 Å². The predicted octanol–water partition coefficient (Wildman–Crippen LogP) is 2.54. The van der Waals surface area contributed by atoms with Gasteiger partial charge in [-0.2, -0.15) is 0 Å². The SMILES string of the molecule is [2H]Cc1ccc(=O)n(-c2cccc(OCC)c2)c1. The third-order valence-electron chi connectivity index (χ3n) is 2.38. The molecule has 1 heterocycles. The van der Waals surface area contributed by atoms with Gasteiger partial charge in [0.25, 0.3) is 5.56 Å². The molecule has 0 amide bonds. The lowest BCUT2D eigenvalue weighted by Gasteiger charge is -2.09. The number of rotatable bonds is 3. The average Bonchev–Trinajstić information content (AvgIpc) is 2.40. The monoisotopic (exact) mass is 230 g/mol. The highest BCUT2D eigenvalue weighted by Crippen LogP contribution is 2.15. The fourth-order valence-electron chi connectivity index (χ4n) is 1.62. The van der Waals surface area contributed by atoms with Crippen LogP contribution in [-0.4, -0.2) is 11.2 Å². The number of hydrogen-bond donors (Lipinski definition) is 0. The maximum Gasteiger partial charge on any atom is 0.255 e. The van der Waals surface area contributed by atoms with E-state index in [1.54, 1.807) is 12.3 Å². The molecule has 17 heavy (non-hydrogen) atoms. The van der Waals surface area contributed by atoms with E-state index in [-0.39, 0.29) is 12.5 Å². The van der Waals surface area contributed by atoms with Gasteiger partial charge in [-0.25, -0.2) is 0 Å². The van der Waals surface area contributed by atoms with Crippen LogP contribution in [0.5, 0.6) is 5.75 Å². The molecule has 1 aromatic carbocycles. The Morgan fingerprint density at radius 2 is 2.24 bits per heavy atom. The fraction of sp³-hybridized carbons (Fsp3) is 0.214. The average molecular weight is 230 g/mol. The molecule has 0 N–H and O–H groups in total. The van der Waals surface area contributed by atoms with E-state index in [2.05, 4.69) is 0 Å². The van der Waals surface area contributed by atoms with Crippen molar-refractivity contribution < 1.29 is 6.11 Å². The molecule has 3 heteroatoms. The van der Waals surface area contributed by atoms with Crippen LogP contribution in [0.1, 0.15) is 13.9 Å². The molecule has 0 saturated carbocycles. The largest absolute Gasteiger partial charge is 0.494 e. The lowest BCUT2D eigenvalue weighted by molar-refractivity contribution is 0.340. The van der Waals surface area contributed by atoms with Crippen molar-refractivity contribution in [3.05, 3.63) is 58.5 Å². The van der Waals surface area contributed by atoms with Crippen molar-refractivity contribution in [3.63, 3.8) is 0 Å². The number of hydrogen-bond acceptors (Lipinski definition) is 2. The Morgan fingerprint density at radius 3 is 3.00 bits per heavy atom. The molecule has 88 valence electrons. The summed E-state index contributed by atoms with van der Waals surface area (Å²) in [5.74, 6) is 0.734. The number of benzene rings is 1. The molecule has 0 aliphatic carbocycles. The third kappa shape index (κ3) is 2.56. The Bertz CT molecular complexity index is 592. The molecule has 0 radical (unpaired) electrons. The summed E-state index contributed by atoms with van der Waals surface area (Å²) in [5.41, 5.74) is 1.44. The van der Waals surface area contributed by atoms with Crippen LogP contribution in [0.2, 0.25) is 0 Å². The van der Waals surface area contributed by atoms with Crippen LogP contribution in [-0.2, 0) is 0 Å². The van der Waals surface area contributed by atoms with Crippen molar-refractivity contribution in [1.29, 1.82) is 0 Å².